The molecule has 0 amide bonds. The molecular formula is C29H38N4O4. The Bertz CT molecular complexity index is 1200. The topological polar surface area (TPSA) is 93.9 Å². The molecule has 2 aliphatic carbocycles. The number of nitroso groups, excluding NO2 is 1. The van der Waals surface area contributed by atoms with Crippen molar-refractivity contribution in [3.63, 3.8) is 0 Å². The van der Waals surface area contributed by atoms with Gasteiger partial charge in [0.1, 0.15) is 5.69 Å². The SMILES string of the molecule is CCOC(=O)C(N=O)c1nc2ccccc2n(C2CC3CCC(C2)N3C2CC3CCCCC(C3)C2)c1=O. The number of esters is 1. The summed E-state index contributed by atoms with van der Waals surface area (Å²) in [6.45, 7) is 1.77. The number of para-hydroxylation sites is 2. The minimum Gasteiger partial charge on any atom is -0.464 e. The maximum absolute atomic E-state index is 13.9. The molecule has 3 heterocycles. The average Bonchev–Trinajstić information content (AvgIpc) is 3.05. The number of fused-ring (bicyclic) bond motifs is 5. The Kier molecular flexibility index (Phi) is 6.86. The second-order valence-electron chi connectivity index (χ2n) is 11.8. The van der Waals surface area contributed by atoms with Crippen LogP contribution < -0.4 is 5.56 Å². The number of nitrogens with zero attached hydrogens (tertiary/aromatic N) is 4. The van der Waals surface area contributed by atoms with Crippen LogP contribution in [0.3, 0.4) is 0 Å². The third kappa shape index (κ3) is 4.51. The second kappa shape index (κ2) is 10.3. The summed E-state index contributed by atoms with van der Waals surface area (Å²) < 4.78 is 6.86. The van der Waals surface area contributed by atoms with Gasteiger partial charge in [0, 0.05) is 24.2 Å². The molecule has 2 aliphatic heterocycles. The molecule has 0 radical (unpaired) electrons. The van der Waals surface area contributed by atoms with Gasteiger partial charge >= 0.3 is 5.97 Å². The molecule has 8 heteroatoms. The van der Waals surface area contributed by atoms with E-state index >= 15 is 0 Å². The number of hydrogen-bond donors (Lipinski definition) is 0. The molecule has 4 bridgehead atoms. The molecule has 8 nitrogen and oxygen atoms in total. The Hall–Kier alpha value is -2.61. The lowest BCUT2D eigenvalue weighted by Crippen LogP contribution is -2.52. The summed E-state index contributed by atoms with van der Waals surface area (Å²) in [5.74, 6) is 0.944. The van der Waals surface area contributed by atoms with Gasteiger partial charge in [0.05, 0.1) is 17.6 Å². The number of carbonyl (C=O) groups is 1. The van der Waals surface area contributed by atoms with Crippen molar-refractivity contribution in [1.82, 2.24) is 14.5 Å². The summed E-state index contributed by atoms with van der Waals surface area (Å²) in [6.07, 6.45) is 13.9. The van der Waals surface area contributed by atoms with Crippen LogP contribution in [0.1, 0.15) is 95.3 Å². The quantitative estimate of drug-likeness (QED) is 0.390. The highest BCUT2D eigenvalue weighted by Gasteiger charge is 2.47. The first-order valence-electron chi connectivity index (χ1n) is 14.3. The summed E-state index contributed by atoms with van der Waals surface area (Å²) in [5, 5.41) is 2.97. The highest BCUT2D eigenvalue weighted by molar-refractivity contribution is 5.79. The van der Waals surface area contributed by atoms with E-state index < -0.39 is 17.6 Å². The van der Waals surface area contributed by atoms with E-state index in [2.05, 4.69) is 15.1 Å². The molecule has 2 aromatic rings. The first-order chi connectivity index (χ1) is 18.1. The minimum absolute atomic E-state index is 0.00765. The van der Waals surface area contributed by atoms with Gasteiger partial charge in [-0.3, -0.25) is 9.69 Å². The maximum Gasteiger partial charge on any atom is 0.341 e. The number of piperidine rings is 1. The molecule has 4 fully saturated rings. The van der Waals surface area contributed by atoms with E-state index in [9.17, 15) is 14.5 Å². The van der Waals surface area contributed by atoms with Crippen molar-refractivity contribution in [1.29, 1.82) is 0 Å². The Balaban J connectivity index is 1.33. The Morgan fingerprint density at radius 3 is 2.30 bits per heavy atom. The number of carbonyl (C=O) groups excluding carboxylic acids is 1. The third-order valence-electron chi connectivity index (χ3n) is 9.60. The van der Waals surface area contributed by atoms with Crippen LogP contribution in [0.2, 0.25) is 0 Å². The lowest BCUT2D eigenvalue weighted by Gasteiger charge is -2.48. The van der Waals surface area contributed by atoms with Crippen molar-refractivity contribution in [2.75, 3.05) is 6.61 Å². The van der Waals surface area contributed by atoms with E-state index in [1.165, 1.54) is 57.8 Å². The number of benzene rings is 1. The summed E-state index contributed by atoms with van der Waals surface area (Å²) in [6, 6.07) is 7.59. The summed E-state index contributed by atoms with van der Waals surface area (Å²) in [5.41, 5.74) is 0.837. The second-order valence-corrected chi connectivity index (χ2v) is 11.8. The third-order valence-corrected chi connectivity index (χ3v) is 9.60. The summed E-state index contributed by atoms with van der Waals surface area (Å²) >= 11 is 0. The Labute approximate surface area is 217 Å². The highest BCUT2D eigenvalue weighted by atomic mass is 16.5. The van der Waals surface area contributed by atoms with E-state index in [1.807, 2.05) is 28.8 Å². The van der Waals surface area contributed by atoms with Gasteiger partial charge in [-0.1, -0.05) is 37.8 Å². The van der Waals surface area contributed by atoms with Crippen LogP contribution in [0.25, 0.3) is 11.0 Å². The molecule has 1 aromatic carbocycles. The number of hydrogen-bond acceptors (Lipinski definition) is 7. The first-order valence-corrected chi connectivity index (χ1v) is 14.3. The van der Waals surface area contributed by atoms with Crippen molar-refractivity contribution < 1.29 is 9.53 Å². The van der Waals surface area contributed by atoms with Crippen molar-refractivity contribution in [2.24, 2.45) is 17.0 Å². The van der Waals surface area contributed by atoms with E-state index in [0.29, 0.717) is 23.6 Å². The molecule has 0 spiro atoms. The van der Waals surface area contributed by atoms with Crippen LogP contribution in [0.4, 0.5) is 0 Å². The van der Waals surface area contributed by atoms with Crippen LogP contribution in [0, 0.1) is 16.7 Å². The molecule has 2 saturated carbocycles. The van der Waals surface area contributed by atoms with Gasteiger partial charge in [-0.2, -0.15) is 0 Å². The molecule has 4 aliphatic rings. The van der Waals surface area contributed by atoms with E-state index in [4.69, 9.17) is 4.74 Å². The zero-order chi connectivity index (χ0) is 25.5. The largest absolute Gasteiger partial charge is 0.464 e. The van der Waals surface area contributed by atoms with Gasteiger partial charge in [-0.15, -0.1) is 4.91 Å². The minimum atomic E-state index is -1.55. The smallest absolute Gasteiger partial charge is 0.341 e. The average molecular weight is 507 g/mol. The fourth-order valence-electron chi connectivity index (χ4n) is 8.24. The normalized spacial score (nSPS) is 32.6. The van der Waals surface area contributed by atoms with E-state index in [0.717, 1.165) is 30.2 Å². The zero-order valence-electron chi connectivity index (χ0n) is 21.8. The van der Waals surface area contributed by atoms with Gasteiger partial charge in [0.2, 0.25) is 6.04 Å². The van der Waals surface area contributed by atoms with Crippen molar-refractivity contribution in [3.05, 3.63) is 45.2 Å². The molecule has 0 N–H and O–H groups in total. The fraction of sp³-hybridized carbons (Fsp3) is 0.690. The molecular weight excluding hydrogens is 468 g/mol. The molecule has 5 atom stereocenters. The standard InChI is InChI=1S/C29H38N4O4/c1-2-37-29(35)27(31-36)26-28(34)33(25-10-6-5-9-24(25)30-26)23-16-20-11-12-21(17-23)32(20)22-14-18-7-3-4-8-19(13-18)15-22/h5-6,9-10,18-23,27H,2-4,7-8,11-17H2,1H3. The molecule has 198 valence electrons. The van der Waals surface area contributed by atoms with Gasteiger partial charge in [-0.05, 0) is 81.0 Å². The van der Waals surface area contributed by atoms with E-state index in [1.54, 1.807) is 6.92 Å². The molecule has 6 rings (SSSR count). The van der Waals surface area contributed by atoms with Gasteiger partial charge in [-0.25, -0.2) is 9.78 Å². The van der Waals surface area contributed by atoms with Crippen LogP contribution >= 0.6 is 0 Å². The first kappa shape index (κ1) is 24.7. The molecule has 5 unspecified atom stereocenters. The lowest BCUT2D eigenvalue weighted by molar-refractivity contribution is -0.144. The zero-order valence-corrected chi connectivity index (χ0v) is 21.8. The summed E-state index contributed by atoms with van der Waals surface area (Å²) in [4.78, 5) is 45.3. The number of aromatic nitrogens is 2. The fourth-order valence-corrected chi connectivity index (χ4v) is 8.24. The van der Waals surface area contributed by atoms with Crippen LogP contribution in [-0.4, -0.2) is 45.2 Å². The van der Waals surface area contributed by atoms with Crippen LogP contribution in [0.5, 0.6) is 0 Å². The van der Waals surface area contributed by atoms with Crippen molar-refractivity contribution >= 4 is 17.0 Å². The van der Waals surface area contributed by atoms with Crippen molar-refractivity contribution in [2.45, 2.75) is 108 Å². The van der Waals surface area contributed by atoms with Crippen LogP contribution in [-0.2, 0) is 9.53 Å². The predicted molar refractivity (Wildman–Crippen MR) is 141 cm³/mol. The molecule has 2 saturated heterocycles. The maximum atomic E-state index is 13.9. The van der Waals surface area contributed by atoms with Gasteiger partial charge in [0.25, 0.3) is 5.56 Å². The predicted octanol–water partition coefficient (Wildman–Crippen LogP) is 5.29. The van der Waals surface area contributed by atoms with E-state index in [-0.39, 0.29) is 18.3 Å². The molecule has 37 heavy (non-hydrogen) atoms. The van der Waals surface area contributed by atoms with Gasteiger partial charge < -0.3 is 9.30 Å². The lowest BCUT2D eigenvalue weighted by atomic mass is 9.76. The summed E-state index contributed by atoms with van der Waals surface area (Å²) in [7, 11) is 0. The van der Waals surface area contributed by atoms with Crippen molar-refractivity contribution in [3.8, 4) is 0 Å². The monoisotopic (exact) mass is 506 g/mol. The Morgan fingerprint density at radius 2 is 1.65 bits per heavy atom. The highest BCUT2D eigenvalue weighted by Crippen LogP contribution is 2.48. The molecule has 1 aromatic heterocycles. The number of ether oxygens (including phenoxy) is 1. The Morgan fingerprint density at radius 1 is 0.973 bits per heavy atom. The number of rotatable bonds is 6. The van der Waals surface area contributed by atoms with Gasteiger partial charge in [0.15, 0.2) is 0 Å². The van der Waals surface area contributed by atoms with Crippen LogP contribution in [0.15, 0.2) is 34.2 Å².